The van der Waals surface area contributed by atoms with Gasteiger partial charge in [-0.15, -0.1) is 0 Å². The Balaban J connectivity index is 1.67. The molecule has 2 aromatic rings. The summed E-state index contributed by atoms with van der Waals surface area (Å²) < 4.78 is 38.6. The van der Waals surface area contributed by atoms with Gasteiger partial charge in [0.25, 0.3) is 0 Å². The van der Waals surface area contributed by atoms with Crippen LogP contribution in [0.3, 0.4) is 0 Å². The smallest absolute Gasteiger partial charge is 0.385 e. The first kappa shape index (κ1) is 17.9. The number of amides is 1. The van der Waals surface area contributed by atoms with E-state index in [9.17, 15) is 23.1 Å². The zero-order chi connectivity index (χ0) is 18.1. The minimum atomic E-state index is -4.44. The Labute approximate surface area is 147 Å². The van der Waals surface area contributed by atoms with Crippen LogP contribution in [0.15, 0.2) is 41.1 Å². The number of benzene rings is 1. The zero-order valence-corrected chi connectivity index (χ0v) is 14.2. The number of rotatable bonds is 3. The lowest BCUT2D eigenvalue weighted by Gasteiger charge is -2.38. The van der Waals surface area contributed by atoms with Gasteiger partial charge < -0.3 is 10.0 Å². The minimum Gasteiger partial charge on any atom is -0.385 e. The van der Waals surface area contributed by atoms with Gasteiger partial charge in [0.15, 0.2) is 0 Å². The van der Waals surface area contributed by atoms with Crippen LogP contribution >= 0.6 is 11.3 Å². The van der Waals surface area contributed by atoms with Crippen molar-refractivity contribution in [3.8, 4) is 0 Å². The Hall–Kier alpha value is -1.86. The number of carbonyl (C=O) groups excluding carboxylic acids is 1. The van der Waals surface area contributed by atoms with E-state index in [2.05, 4.69) is 0 Å². The molecule has 0 spiro atoms. The highest BCUT2D eigenvalue weighted by atomic mass is 32.1. The Kier molecular flexibility index (Phi) is 4.88. The number of hydrogen-bond acceptors (Lipinski definition) is 3. The Morgan fingerprint density at radius 3 is 2.56 bits per heavy atom. The van der Waals surface area contributed by atoms with Gasteiger partial charge in [-0.2, -0.15) is 24.5 Å². The summed E-state index contributed by atoms with van der Waals surface area (Å²) in [6, 6.07) is 6.71. The molecule has 1 aromatic heterocycles. The van der Waals surface area contributed by atoms with Crippen LogP contribution in [-0.2, 0) is 23.0 Å². The third-order valence-electron chi connectivity index (χ3n) is 4.61. The van der Waals surface area contributed by atoms with Crippen LogP contribution in [0.4, 0.5) is 13.2 Å². The average Bonchev–Trinajstić information content (AvgIpc) is 3.08. The van der Waals surface area contributed by atoms with Crippen LogP contribution in [-0.4, -0.2) is 29.0 Å². The first-order valence-electron chi connectivity index (χ1n) is 7.97. The second kappa shape index (κ2) is 6.80. The van der Waals surface area contributed by atoms with Crippen molar-refractivity contribution in [2.75, 3.05) is 13.1 Å². The standard InChI is InChI=1S/C18H18F3NO2S/c19-18(20,21)15-3-1-2-14(11-15)17(24)5-7-22(8-6-17)16(23)10-13-4-9-25-12-13/h1-4,9,11-12,24H,5-8,10H2. The van der Waals surface area contributed by atoms with Crippen molar-refractivity contribution < 1.29 is 23.1 Å². The normalized spacial score (nSPS) is 17.5. The van der Waals surface area contributed by atoms with E-state index in [0.717, 1.165) is 17.7 Å². The molecule has 1 amide bonds. The molecule has 0 radical (unpaired) electrons. The van der Waals surface area contributed by atoms with Crippen molar-refractivity contribution in [1.82, 2.24) is 4.90 Å². The molecular weight excluding hydrogens is 351 g/mol. The Morgan fingerprint density at radius 1 is 1.24 bits per heavy atom. The SMILES string of the molecule is O=C(Cc1ccsc1)N1CCC(O)(c2cccc(C(F)(F)F)c2)CC1. The molecule has 0 aliphatic carbocycles. The van der Waals surface area contributed by atoms with Gasteiger partial charge in [-0.05, 0) is 52.9 Å². The summed E-state index contributed by atoms with van der Waals surface area (Å²) in [5.74, 6) is -0.0236. The maximum atomic E-state index is 12.9. The first-order valence-corrected chi connectivity index (χ1v) is 8.91. The molecule has 7 heteroatoms. The number of nitrogens with zero attached hydrogens (tertiary/aromatic N) is 1. The van der Waals surface area contributed by atoms with E-state index in [0.29, 0.717) is 19.5 Å². The summed E-state index contributed by atoms with van der Waals surface area (Å²) in [6.45, 7) is 0.658. The third kappa shape index (κ3) is 4.04. The van der Waals surface area contributed by atoms with E-state index in [1.165, 1.54) is 23.5 Å². The molecule has 1 aliphatic rings. The van der Waals surface area contributed by atoms with Gasteiger partial charge in [-0.3, -0.25) is 4.79 Å². The van der Waals surface area contributed by atoms with Crippen molar-refractivity contribution in [3.05, 3.63) is 57.8 Å². The minimum absolute atomic E-state index is 0.0236. The van der Waals surface area contributed by atoms with Crippen molar-refractivity contribution in [2.45, 2.75) is 31.0 Å². The molecule has 0 unspecified atom stereocenters. The molecule has 3 rings (SSSR count). The number of hydrogen-bond donors (Lipinski definition) is 1. The van der Waals surface area contributed by atoms with E-state index in [-0.39, 0.29) is 24.3 Å². The largest absolute Gasteiger partial charge is 0.416 e. The summed E-state index contributed by atoms with van der Waals surface area (Å²) in [7, 11) is 0. The van der Waals surface area contributed by atoms with Gasteiger partial charge in [0.05, 0.1) is 17.6 Å². The second-order valence-electron chi connectivity index (χ2n) is 6.30. The van der Waals surface area contributed by atoms with Crippen molar-refractivity contribution >= 4 is 17.2 Å². The molecule has 2 heterocycles. The lowest BCUT2D eigenvalue weighted by atomic mass is 9.83. The number of aliphatic hydroxyl groups is 1. The lowest BCUT2D eigenvalue weighted by Crippen LogP contribution is -2.45. The predicted molar refractivity (Wildman–Crippen MR) is 89.2 cm³/mol. The van der Waals surface area contributed by atoms with Gasteiger partial charge >= 0.3 is 6.18 Å². The number of alkyl halides is 3. The number of halogens is 3. The fourth-order valence-electron chi connectivity index (χ4n) is 3.08. The van der Waals surface area contributed by atoms with Crippen molar-refractivity contribution in [3.63, 3.8) is 0 Å². The molecule has 0 saturated carbocycles. The highest BCUT2D eigenvalue weighted by Crippen LogP contribution is 2.36. The van der Waals surface area contributed by atoms with Crippen molar-refractivity contribution in [1.29, 1.82) is 0 Å². The number of likely N-dealkylation sites (tertiary alicyclic amines) is 1. The van der Waals surface area contributed by atoms with Crippen LogP contribution < -0.4 is 0 Å². The molecule has 3 nitrogen and oxygen atoms in total. The van der Waals surface area contributed by atoms with E-state index >= 15 is 0 Å². The maximum Gasteiger partial charge on any atom is 0.416 e. The Morgan fingerprint density at radius 2 is 1.96 bits per heavy atom. The summed E-state index contributed by atoms with van der Waals surface area (Å²) in [6.07, 6.45) is -3.68. The molecule has 25 heavy (non-hydrogen) atoms. The van der Waals surface area contributed by atoms with E-state index in [1.54, 1.807) is 4.90 Å². The van der Waals surface area contributed by atoms with E-state index in [1.807, 2.05) is 16.8 Å². The van der Waals surface area contributed by atoms with Gasteiger partial charge in [0.1, 0.15) is 0 Å². The summed E-state index contributed by atoms with van der Waals surface area (Å²) in [4.78, 5) is 14.0. The molecule has 134 valence electrons. The molecule has 1 aromatic carbocycles. The molecule has 0 atom stereocenters. The number of thiophene rings is 1. The predicted octanol–water partition coefficient (Wildman–Crippen LogP) is 3.82. The summed E-state index contributed by atoms with van der Waals surface area (Å²) >= 11 is 1.53. The fourth-order valence-corrected chi connectivity index (χ4v) is 3.75. The molecule has 1 N–H and O–H groups in total. The van der Waals surface area contributed by atoms with Crippen LogP contribution in [0.25, 0.3) is 0 Å². The summed E-state index contributed by atoms with van der Waals surface area (Å²) in [5, 5.41) is 14.6. The molecule has 1 saturated heterocycles. The van der Waals surface area contributed by atoms with Crippen LogP contribution in [0.5, 0.6) is 0 Å². The lowest BCUT2D eigenvalue weighted by molar-refractivity contribution is -0.137. The summed E-state index contributed by atoms with van der Waals surface area (Å²) in [5.41, 5.74) is -0.893. The monoisotopic (exact) mass is 369 g/mol. The van der Waals surface area contributed by atoms with Gasteiger partial charge in [0, 0.05) is 13.1 Å². The highest BCUT2D eigenvalue weighted by molar-refractivity contribution is 7.08. The second-order valence-corrected chi connectivity index (χ2v) is 7.08. The van der Waals surface area contributed by atoms with Crippen LogP contribution in [0, 0.1) is 0 Å². The number of carbonyl (C=O) groups is 1. The van der Waals surface area contributed by atoms with Crippen LogP contribution in [0.1, 0.15) is 29.5 Å². The van der Waals surface area contributed by atoms with Gasteiger partial charge in [-0.1, -0.05) is 12.1 Å². The highest BCUT2D eigenvalue weighted by Gasteiger charge is 2.37. The number of piperidine rings is 1. The molecule has 1 aliphatic heterocycles. The van der Waals surface area contributed by atoms with E-state index < -0.39 is 17.3 Å². The van der Waals surface area contributed by atoms with Crippen LogP contribution in [0.2, 0.25) is 0 Å². The first-order chi connectivity index (χ1) is 11.8. The zero-order valence-electron chi connectivity index (χ0n) is 13.4. The van der Waals surface area contributed by atoms with Crippen molar-refractivity contribution in [2.24, 2.45) is 0 Å². The van der Waals surface area contributed by atoms with Gasteiger partial charge in [0.2, 0.25) is 5.91 Å². The van der Waals surface area contributed by atoms with Gasteiger partial charge in [-0.25, -0.2) is 0 Å². The topological polar surface area (TPSA) is 40.5 Å². The molecule has 0 bridgehead atoms. The third-order valence-corrected chi connectivity index (χ3v) is 5.34. The molecular formula is C18H18F3NO2S. The Bertz CT molecular complexity index is 735. The maximum absolute atomic E-state index is 12.9. The molecule has 1 fully saturated rings. The fraction of sp³-hybridized carbons (Fsp3) is 0.389. The quantitative estimate of drug-likeness (QED) is 0.894. The average molecular weight is 369 g/mol. The van der Waals surface area contributed by atoms with E-state index in [4.69, 9.17) is 0 Å².